The minimum absolute atomic E-state index is 0.249. The van der Waals surface area contributed by atoms with Crippen LogP contribution >= 0.6 is 0 Å². The molecule has 0 spiro atoms. The van der Waals surface area contributed by atoms with Crippen LogP contribution in [0.1, 0.15) is 12.8 Å². The monoisotopic (exact) mass is 162 g/mol. The Bertz CT molecular complexity index is 418. The zero-order chi connectivity index (χ0) is 8.55. The Hall–Kier alpha value is -1.44. The Kier molecular flexibility index (Phi) is 1.54. The fourth-order valence-electron chi connectivity index (χ4n) is 1.51. The summed E-state index contributed by atoms with van der Waals surface area (Å²) in [5.74, 6) is 0.627. The molecule has 2 N–H and O–H groups in total. The van der Waals surface area contributed by atoms with Crippen LogP contribution in [0.25, 0.3) is 11.8 Å². The first-order chi connectivity index (χ1) is 5.79. The molecular formula is C10H10O2. The van der Waals surface area contributed by atoms with Gasteiger partial charge >= 0.3 is 0 Å². The highest BCUT2D eigenvalue weighted by atomic mass is 16.3. The van der Waals surface area contributed by atoms with E-state index in [-0.39, 0.29) is 5.75 Å². The van der Waals surface area contributed by atoms with Crippen LogP contribution < -0.4 is 10.4 Å². The smallest absolute Gasteiger partial charge is 0.123 e. The number of aliphatic hydroxyl groups excluding tert-OH is 1. The van der Waals surface area contributed by atoms with Crippen molar-refractivity contribution in [1.82, 2.24) is 0 Å². The van der Waals surface area contributed by atoms with E-state index >= 15 is 0 Å². The predicted octanol–water partition coefficient (Wildman–Crippen LogP) is 0.633. The van der Waals surface area contributed by atoms with Crippen LogP contribution in [0.3, 0.4) is 0 Å². The van der Waals surface area contributed by atoms with Gasteiger partial charge in [0, 0.05) is 16.9 Å². The molecule has 0 bridgehead atoms. The van der Waals surface area contributed by atoms with E-state index in [0.717, 1.165) is 16.9 Å². The third kappa shape index (κ3) is 0.961. The Labute approximate surface area is 70.1 Å². The van der Waals surface area contributed by atoms with Gasteiger partial charge in [-0.3, -0.25) is 0 Å². The second-order valence-corrected chi connectivity index (χ2v) is 2.93. The minimum Gasteiger partial charge on any atom is -0.512 e. The molecule has 2 nitrogen and oxygen atoms in total. The normalized spacial score (nSPS) is 15.2. The number of fused-ring (bicyclic) bond motifs is 1. The summed E-state index contributed by atoms with van der Waals surface area (Å²) in [4.78, 5) is 0. The lowest BCUT2D eigenvalue weighted by molar-refractivity contribution is 0.460. The number of hydrogen-bond donors (Lipinski definition) is 2. The number of aromatic hydroxyl groups is 1. The summed E-state index contributed by atoms with van der Waals surface area (Å²) in [5, 5.41) is 20.4. The molecule has 1 aromatic carbocycles. The molecule has 0 radical (unpaired) electrons. The van der Waals surface area contributed by atoms with Crippen molar-refractivity contribution in [3.8, 4) is 5.75 Å². The maximum Gasteiger partial charge on any atom is 0.123 e. The molecule has 2 rings (SSSR count). The summed E-state index contributed by atoms with van der Waals surface area (Å²) in [6.07, 6.45) is 3.43. The van der Waals surface area contributed by atoms with Gasteiger partial charge < -0.3 is 10.2 Å². The fraction of sp³-hybridized carbons (Fsp3) is 0.200. The van der Waals surface area contributed by atoms with Crippen LogP contribution in [0.4, 0.5) is 0 Å². The molecule has 0 saturated carbocycles. The standard InChI is InChI=1S/C10H10O2/c11-9-5-1-3-7-8(9)4-2-6-10(7)12/h1,3-5,11-12H,2,6H2. The molecule has 0 saturated heterocycles. The summed E-state index contributed by atoms with van der Waals surface area (Å²) in [7, 11) is 0. The molecule has 0 aliphatic heterocycles. The topological polar surface area (TPSA) is 40.5 Å². The van der Waals surface area contributed by atoms with E-state index in [1.54, 1.807) is 12.1 Å². The van der Waals surface area contributed by atoms with Crippen LogP contribution in [-0.2, 0) is 0 Å². The SMILES string of the molecule is OC1=c2cccc(O)c2=CCC1. The first-order valence-electron chi connectivity index (χ1n) is 3.99. The van der Waals surface area contributed by atoms with Gasteiger partial charge in [0.25, 0.3) is 0 Å². The second kappa shape index (κ2) is 2.55. The van der Waals surface area contributed by atoms with Crippen molar-refractivity contribution < 1.29 is 10.2 Å². The van der Waals surface area contributed by atoms with Crippen LogP contribution in [0.2, 0.25) is 0 Å². The van der Waals surface area contributed by atoms with E-state index in [1.165, 1.54) is 0 Å². The van der Waals surface area contributed by atoms with Gasteiger partial charge in [0.05, 0.1) is 0 Å². The lowest BCUT2D eigenvalue weighted by Crippen LogP contribution is -2.29. The molecule has 1 aromatic rings. The van der Waals surface area contributed by atoms with Crippen LogP contribution in [-0.4, -0.2) is 10.2 Å². The van der Waals surface area contributed by atoms with E-state index in [0.29, 0.717) is 12.2 Å². The molecule has 0 atom stereocenters. The third-order valence-corrected chi connectivity index (χ3v) is 2.12. The van der Waals surface area contributed by atoms with Gasteiger partial charge in [0.15, 0.2) is 0 Å². The second-order valence-electron chi connectivity index (χ2n) is 2.93. The predicted molar refractivity (Wildman–Crippen MR) is 47.1 cm³/mol. The van der Waals surface area contributed by atoms with E-state index in [9.17, 15) is 10.2 Å². The van der Waals surface area contributed by atoms with E-state index in [1.807, 2.05) is 12.1 Å². The third-order valence-electron chi connectivity index (χ3n) is 2.12. The Morgan fingerprint density at radius 3 is 2.75 bits per heavy atom. The number of rotatable bonds is 0. The molecule has 0 heterocycles. The summed E-state index contributed by atoms with van der Waals surface area (Å²) >= 11 is 0. The highest BCUT2D eigenvalue weighted by molar-refractivity contribution is 5.47. The zero-order valence-electron chi connectivity index (χ0n) is 6.62. The first-order valence-corrected chi connectivity index (χ1v) is 3.99. The molecule has 62 valence electrons. The van der Waals surface area contributed by atoms with Crippen LogP contribution in [0.5, 0.6) is 5.75 Å². The Balaban J connectivity index is 2.93. The summed E-state index contributed by atoms with van der Waals surface area (Å²) < 4.78 is 0. The van der Waals surface area contributed by atoms with Crippen molar-refractivity contribution in [2.75, 3.05) is 0 Å². The van der Waals surface area contributed by atoms with Gasteiger partial charge in [0.2, 0.25) is 0 Å². The maximum atomic E-state index is 9.47. The molecule has 1 aliphatic carbocycles. The summed E-state index contributed by atoms with van der Waals surface area (Å²) in [6.45, 7) is 0. The quantitative estimate of drug-likeness (QED) is 0.587. The van der Waals surface area contributed by atoms with Gasteiger partial charge in [-0.2, -0.15) is 0 Å². The van der Waals surface area contributed by atoms with Crippen molar-refractivity contribution in [1.29, 1.82) is 0 Å². The summed E-state index contributed by atoms with van der Waals surface area (Å²) in [5.41, 5.74) is 0. The van der Waals surface area contributed by atoms with Crippen molar-refractivity contribution in [3.63, 3.8) is 0 Å². The molecule has 0 unspecified atom stereocenters. The van der Waals surface area contributed by atoms with Crippen molar-refractivity contribution in [2.45, 2.75) is 12.8 Å². The van der Waals surface area contributed by atoms with Gasteiger partial charge in [-0.1, -0.05) is 18.2 Å². The Morgan fingerprint density at radius 1 is 1.17 bits per heavy atom. The van der Waals surface area contributed by atoms with Crippen LogP contribution in [0, 0.1) is 0 Å². The number of phenols is 1. The molecule has 0 aromatic heterocycles. The van der Waals surface area contributed by atoms with Crippen LogP contribution in [0.15, 0.2) is 18.2 Å². The number of phenolic OH excluding ortho intramolecular Hbond substituents is 1. The molecule has 0 fully saturated rings. The van der Waals surface area contributed by atoms with Gasteiger partial charge in [0.1, 0.15) is 11.5 Å². The fourth-order valence-corrected chi connectivity index (χ4v) is 1.51. The Morgan fingerprint density at radius 2 is 2.00 bits per heavy atom. The van der Waals surface area contributed by atoms with Gasteiger partial charge in [-0.15, -0.1) is 0 Å². The van der Waals surface area contributed by atoms with E-state index in [2.05, 4.69) is 0 Å². The average Bonchev–Trinajstić information content (AvgIpc) is 2.07. The van der Waals surface area contributed by atoms with E-state index < -0.39 is 0 Å². The van der Waals surface area contributed by atoms with Crippen molar-refractivity contribution >= 4 is 11.8 Å². The zero-order valence-corrected chi connectivity index (χ0v) is 6.62. The molecule has 0 amide bonds. The maximum absolute atomic E-state index is 9.47. The molecular weight excluding hydrogens is 152 g/mol. The van der Waals surface area contributed by atoms with E-state index in [4.69, 9.17) is 0 Å². The average molecular weight is 162 g/mol. The number of benzene rings is 1. The summed E-state index contributed by atoms with van der Waals surface area (Å²) in [6, 6.07) is 5.19. The lowest BCUT2D eigenvalue weighted by atomic mass is 10.1. The molecule has 1 aliphatic rings. The number of hydrogen-bond acceptors (Lipinski definition) is 2. The molecule has 2 heteroatoms. The van der Waals surface area contributed by atoms with Gasteiger partial charge in [-0.05, 0) is 12.5 Å². The molecule has 12 heavy (non-hydrogen) atoms. The largest absolute Gasteiger partial charge is 0.512 e. The minimum atomic E-state index is 0.249. The van der Waals surface area contributed by atoms with Crippen molar-refractivity contribution in [2.24, 2.45) is 0 Å². The number of aliphatic hydroxyl groups is 1. The highest BCUT2D eigenvalue weighted by Gasteiger charge is 2.03. The van der Waals surface area contributed by atoms with Gasteiger partial charge in [-0.25, -0.2) is 0 Å². The lowest BCUT2D eigenvalue weighted by Gasteiger charge is -2.05. The first kappa shape index (κ1) is 7.22. The highest BCUT2D eigenvalue weighted by Crippen LogP contribution is 2.06. The van der Waals surface area contributed by atoms with Crippen molar-refractivity contribution in [3.05, 3.63) is 28.6 Å².